The highest BCUT2D eigenvalue weighted by molar-refractivity contribution is 7.89. The number of carbonyl (C=O) groups is 2. The van der Waals surface area contributed by atoms with Crippen LogP contribution in [0.1, 0.15) is 56.2 Å². The van der Waals surface area contributed by atoms with Crippen molar-refractivity contribution in [3.63, 3.8) is 0 Å². The first-order chi connectivity index (χ1) is 17.1. The number of carbonyl (C=O) groups excluding carboxylic acids is 1. The van der Waals surface area contributed by atoms with Gasteiger partial charge in [-0.2, -0.15) is 9.19 Å². The van der Waals surface area contributed by atoms with Gasteiger partial charge in [0.15, 0.2) is 0 Å². The minimum atomic E-state index is -3.76. The molecule has 0 spiro atoms. The van der Waals surface area contributed by atoms with Crippen LogP contribution in [0.3, 0.4) is 0 Å². The lowest BCUT2D eigenvalue weighted by Gasteiger charge is -2.48. The lowest BCUT2D eigenvalue weighted by molar-refractivity contribution is -0.131. The highest BCUT2D eigenvalue weighted by atomic mass is 32.2. The quantitative estimate of drug-likeness (QED) is 0.584. The van der Waals surface area contributed by atoms with E-state index in [1.54, 1.807) is 25.7 Å². The minimum Gasteiger partial charge on any atom is -0.465 e. The van der Waals surface area contributed by atoms with E-state index in [0.717, 1.165) is 33.4 Å². The molecular formula is C23H29F2N5O6S. The summed E-state index contributed by atoms with van der Waals surface area (Å²) >= 11 is 0. The van der Waals surface area contributed by atoms with E-state index in [-0.39, 0.29) is 30.8 Å². The Morgan fingerprint density at radius 3 is 2.49 bits per heavy atom. The highest BCUT2D eigenvalue weighted by Gasteiger charge is 2.49. The van der Waals surface area contributed by atoms with E-state index < -0.39 is 63.4 Å². The summed E-state index contributed by atoms with van der Waals surface area (Å²) in [7, 11) is -3.76. The van der Waals surface area contributed by atoms with Gasteiger partial charge in [-0.05, 0) is 45.4 Å². The molecule has 0 bridgehead atoms. The first-order valence-electron chi connectivity index (χ1n) is 11.5. The van der Waals surface area contributed by atoms with Crippen LogP contribution in [-0.2, 0) is 26.1 Å². The normalized spacial score (nSPS) is 24.6. The second-order valence-electron chi connectivity index (χ2n) is 10.3. The summed E-state index contributed by atoms with van der Waals surface area (Å²) in [5, 5.41) is 14.0. The van der Waals surface area contributed by atoms with Gasteiger partial charge in [-0.3, -0.25) is 14.6 Å². The Morgan fingerprint density at radius 2 is 1.92 bits per heavy atom. The van der Waals surface area contributed by atoms with Crippen molar-refractivity contribution in [2.24, 2.45) is 5.73 Å². The number of hydrogen-bond acceptors (Lipinski definition) is 7. The third-order valence-corrected chi connectivity index (χ3v) is 7.68. The third-order valence-electron chi connectivity index (χ3n) is 6.73. The molecule has 3 heterocycles. The third kappa shape index (κ3) is 4.92. The molecule has 1 aromatic carbocycles. The summed E-state index contributed by atoms with van der Waals surface area (Å²) in [6, 6.07) is 0.277. The van der Waals surface area contributed by atoms with Crippen LogP contribution in [0.5, 0.6) is 0 Å². The Balaban J connectivity index is 1.75. The molecule has 4 atom stereocenters. The van der Waals surface area contributed by atoms with Crippen molar-refractivity contribution in [2.45, 2.75) is 63.5 Å². The molecule has 3 N–H and O–H groups in total. The van der Waals surface area contributed by atoms with Gasteiger partial charge in [0.2, 0.25) is 5.91 Å². The number of amides is 2. The maximum atomic E-state index is 14.8. The average Bonchev–Trinajstić information content (AvgIpc) is 3.33. The minimum absolute atomic E-state index is 0.0155. The first-order valence-corrected chi connectivity index (χ1v) is 13.4. The molecular weight excluding hydrogens is 512 g/mol. The predicted octanol–water partition coefficient (Wildman–Crippen LogP) is 1.99. The van der Waals surface area contributed by atoms with Gasteiger partial charge in [0, 0.05) is 29.3 Å². The van der Waals surface area contributed by atoms with E-state index in [2.05, 4.69) is 5.10 Å². The smallest absolute Gasteiger partial charge is 0.408 e. The summed E-state index contributed by atoms with van der Waals surface area (Å²) in [5.74, 6) is -2.19. The summed E-state index contributed by atoms with van der Waals surface area (Å²) in [4.78, 5) is 27.7. The molecule has 37 heavy (non-hydrogen) atoms. The molecule has 0 radical (unpaired) electrons. The number of rotatable bonds is 5. The molecule has 2 amide bonds. The Labute approximate surface area is 212 Å². The summed E-state index contributed by atoms with van der Waals surface area (Å²) in [5.41, 5.74) is 5.22. The number of hydrogen-bond donors (Lipinski definition) is 2. The van der Waals surface area contributed by atoms with Crippen LogP contribution in [0.15, 0.2) is 24.4 Å². The molecule has 1 saturated heterocycles. The van der Waals surface area contributed by atoms with E-state index in [1.807, 2.05) is 0 Å². The summed E-state index contributed by atoms with van der Waals surface area (Å²) in [6.07, 6.45) is -0.0896. The van der Waals surface area contributed by atoms with Crippen LogP contribution in [0, 0.1) is 11.6 Å². The van der Waals surface area contributed by atoms with Gasteiger partial charge in [0.1, 0.15) is 23.8 Å². The van der Waals surface area contributed by atoms with Gasteiger partial charge < -0.3 is 15.6 Å². The van der Waals surface area contributed by atoms with E-state index >= 15 is 0 Å². The second-order valence-corrected chi connectivity index (χ2v) is 12.1. The molecule has 11 nitrogen and oxygen atoms in total. The number of nitrogens with zero attached hydrogens (tertiary/aromatic N) is 4. The van der Waals surface area contributed by atoms with Gasteiger partial charge in [-0.15, -0.1) is 0 Å². The molecule has 1 fully saturated rings. The van der Waals surface area contributed by atoms with E-state index in [1.165, 1.54) is 6.20 Å². The summed E-state index contributed by atoms with van der Waals surface area (Å²) in [6.45, 7) is 4.92. The predicted molar refractivity (Wildman–Crippen MR) is 127 cm³/mol. The number of nitrogens with two attached hydrogens (primary N) is 1. The fraction of sp³-hybridized carbons (Fsp3) is 0.522. The SMILES string of the molecule is CC(C)(C)N(C(=O)O)[C@H]1C[C@@H](N2Cc3c(cnn3S(C)(=O)=O)[C@@H]2C(N)=O)CO[C@@H]1c1cc(F)ccc1F. The molecule has 202 valence electrons. The number of primary amides is 1. The number of carboxylic acid groups (broad SMARTS) is 1. The maximum absolute atomic E-state index is 14.8. The van der Waals surface area contributed by atoms with E-state index in [9.17, 15) is 31.9 Å². The zero-order chi connectivity index (χ0) is 27.4. The zero-order valence-corrected chi connectivity index (χ0v) is 21.6. The maximum Gasteiger partial charge on any atom is 0.408 e. The Morgan fingerprint density at radius 1 is 1.24 bits per heavy atom. The fourth-order valence-corrected chi connectivity index (χ4v) is 6.14. The van der Waals surface area contributed by atoms with Gasteiger partial charge in [0.05, 0.1) is 30.8 Å². The fourth-order valence-electron chi connectivity index (χ4n) is 5.36. The van der Waals surface area contributed by atoms with Crippen molar-refractivity contribution in [3.05, 3.63) is 52.9 Å². The van der Waals surface area contributed by atoms with Gasteiger partial charge in [-0.1, -0.05) is 0 Å². The van der Waals surface area contributed by atoms with Gasteiger partial charge >= 0.3 is 6.09 Å². The van der Waals surface area contributed by atoms with Crippen LogP contribution in [0.2, 0.25) is 0 Å². The number of aromatic nitrogens is 2. The molecule has 0 unspecified atom stereocenters. The molecule has 0 aliphatic carbocycles. The number of halogens is 2. The van der Waals surface area contributed by atoms with E-state index in [4.69, 9.17) is 10.5 Å². The van der Waals surface area contributed by atoms with Crippen LogP contribution < -0.4 is 5.73 Å². The standard InChI is InChI=1S/C23H29F2N5O6S/c1-23(2,3)29(22(32)33)17-8-13(11-36-20(17)14-7-12(24)5-6-16(14)25)28-10-18-15(19(28)21(26)31)9-27-30(18)37(4,34)35/h5-7,9,13,17,19-20H,8,10-11H2,1-4H3,(H2,26,31)(H,32,33)/t13-,17+,19-,20-/m1/s1. The second kappa shape index (κ2) is 9.33. The topological polar surface area (TPSA) is 148 Å². The number of fused-ring (bicyclic) bond motifs is 1. The molecule has 0 saturated carbocycles. The van der Waals surface area contributed by atoms with Crippen molar-refractivity contribution in [2.75, 3.05) is 12.9 Å². The van der Waals surface area contributed by atoms with Crippen molar-refractivity contribution in [1.29, 1.82) is 0 Å². The Kier molecular flexibility index (Phi) is 6.80. The monoisotopic (exact) mass is 541 g/mol. The van der Waals surface area contributed by atoms with Crippen molar-refractivity contribution in [3.8, 4) is 0 Å². The molecule has 14 heteroatoms. The zero-order valence-electron chi connectivity index (χ0n) is 20.8. The van der Waals surface area contributed by atoms with Crippen LogP contribution in [0.4, 0.5) is 13.6 Å². The molecule has 2 aromatic rings. The molecule has 1 aromatic heterocycles. The first kappa shape index (κ1) is 26.9. The molecule has 2 aliphatic heterocycles. The highest BCUT2D eigenvalue weighted by Crippen LogP contribution is 2.42. The Hall–Kier alpha value is -3.10. The number of ether oxygens (including phenoxy) is 1. The molecule has 4 rings (SSSR count). The Bertz CT molecular complexity index is 1340. The van der Waals surface area contributed by atoms with Crippen LogP contribution in [-0.4, -0.2) is 75.0 Å². The number of benzene rings is 1. The molecule has 2 aliphatic rings. The van der Waals surface area contributed by atoms with Crippen LogP contribution in [0.25, 0.3) is 0 Å². The van der Waals surface area contributed by atoms with Crippen molar-refractivity contribution >= 4 is 22.0 Å². The lowest BCUT2D eigenvalue weighted by Crippen LogP contribution is -2.59. The van der Waals surface area contributed by atoms with Crippen LogP contribution >= 0.6 is 0 Å². The lowest BCUT2D eigenvalue weighted by atomic mass is 9.88. The van der Waals surface area contributed by atoms with Gasteiger partial charge in [-0.25, -0.2) is 22.0 Å². The van der Waals surface area contributed by atoms with E-state index in [0.29, 0.717) is 5.56 Å². The van der Waals surface area contributed by atoms with Gasteiger partial charge in [0.25, 0.3) is 10.0 Å². The van der Waals surface area contributed by atoms with Crippen molar-refractivity contribution in [1.82, 2.24) is 19.0 Å². The average molecular weight is 542 g/mol. The van der Waals surface area contributed by atoms with Crippen molar-refractivity contribution < 1.29 is 36.6 Å². The summed E-state index contributed by atoms with van der Waals surface area (Å²) < 4.78 is 60.1. The largest absolute Gasteiger partial charge is 0.465 e.